The van der Waals surface area contributed by atoms with Crippen molar-refractivity contribution in [1.29, 1.82) is 0 Å². The first kappa shape index (κ1) is 25.5. The number of carbonyl (C=O) groups excluding carboxylic acids is 1. The molecule has 3 N–H and O–H groups in total. The van der Waals surface area contributed by atoms with Gasteiger partial charge in [0.15, 0.2) is 0 Å². The SMILES string of the molecule is CSCCC(N)C(=O)NCc1ccccc1CN1CCC(C)CC1.Cl.Cl. The molecule has 0 spiro atoms. The van der Waals surface area contributed by atoms with Crippen molar-refractivity contribution in [2.75, 3.05) is 25.1 Å². The standard InChI is InChI=1S/C19H31N3OS.2ClH/c1-15-7-10-22(11-8-15)14-17-6-4-3-5-16(17)13-21-19(23)18(20)9-12-24-2;;/h3-6,15,18H,7-14,20H2,1-2H3,(H,21,23);2*1H. The maximum atomic E-state index is 12.1. The molecular weight excluding hydrogens is 389 g/mol. The van der Waals surface area contributed by atoms with Crippen LogP contribution in [0.15, 0.2) is 24.3 Å². The topological polar surface area (TPSA) is 58.4 Å². The lowest BCUT2D eigenvalue weighted by molar-refractivity contribution is -0.122. The molecule has 0 saturated carbocycles. The molecule has 1 heterocycles. The molecule has 1 aliphatic heterocycles. The van der Waals surface area contributed by atoms with Crippen LogP contribution in [-0.2, 0) is 17.9 Å². The van der Waals surface area contributed by atoms with Crippen LogP contribution < -0.4 is 11.1 Å². The predicted octanol–water partition coefficient (Wildman–Crippen LogP) is 3.46. The van der Waals surface area contributed by atoms with Crippen LogP contribution >= 0.6 is 36.6 Å². The van der Waals surface area contributed by atoms with Crippen LogP contribution in [0.5, 0.6) is 0 Å². The maximum absolute atomic E-state index is 12.1. The molecule has 1 saturated heterocycles. The second-order valence-electron chi connectivity index (χ2n) is 6.83. The van der Waals surface area contributed by atoms with E-state index in [-0.39, 0.29) is 30.7 Å². The van der Waals surface area contributed by atoms with E-state index in [0.717, 1.165) is 24.6 Å². The van der Waals surface area contributed by atoms with Crippen molar-refractivity contribution in [2.24, 2.45) is 11.7 Å². The molecule has 0 bridgehead atoms. The minimum Gasteiger partial charge on any atom is -0.351 e. The molecule has 0 radical (unpaired) electrons. The van der Waals surface area contributed by atoms with Gasteiger partial charge in [-0.1, -0.05) is 31.2 Å². The number of nitrogens with zero attached hydrogens (tertiary/aromatic N) is 1. The average molecular weight is 422 g/mol. The minimum atomic E-state index is -0.409. The molecule has 2 rings (SSSR count). The van der Waals surface area contributed by atoms with Gasteiger partial charge >= 0.3 is 0 Å². The summed E-state index contributed by atoms with van der Waals surface area (Å²) in [7, 11) is 0. The first-order valence-electron chi connectivity index (χ1n) is 8.91. The fourth-order valence-electron chi connectivity index (χ4n) is 3.03. The third-order valence-electron chi connectivity index (χ3n) is 4.81. The van der Waals surface area contributed by atoms with Crippen molar-refractivity contribution in [3.8, 4) is 0 Å². The molecule has 1 fully saturated rings. The average Bonchev–Trinajstić information content (AvgIpc) is 2.60. The lowest BCUT2D eigenvalue weighted by Crippen LogP contribution is -2.40. The highest BCUT2D eigenvalue weighted by atomic mass is 35.5. The van der Waals surface area contributed by atoms with Gasteiger partial charge in [0.25, 0.3) is 0 Å². The Kier molecular flexibility index (Phi) is 13.4. The number of hydrogen-bond donors (Lipinski definition) is 2. The normalized spacial score (nSPS) is 16.3. The number of benzene rings is 1. The second-order valence-corrected chi connectivity index (χ2v) is 7.82. The predicted molar refractivity (Wildman–Crippen MR) is 117 cm³/mol. The van der Waals surface area contributed by atoms with E-state index in [1.54, 1.807) is 11.8 Å². The van der Waals surface area contributed by atoms with E-state index in [9.17, 15) is 4.79 Å². The van der Waals surface area contributed by atoms with Gasteiger partial charge in [-0.15, -0.1) is 24.8 Å². The lowest BCUT2D eigenvalue weighted by Gasteiger charge is -2.30. The smallest absolute Gasteiger partial charge is 0.237 e. The van der Waals surface area contributed by atoms with E-state index in [1.165, 1.54) is 37.1 Å². The lowest BCUT2D eigenvalue weighted by atomic mass is 9.98. The minimum absolute atomic E-state index is 0. The number of hydrogen-bond acceptors (Lipinski definition) is 4. The maximum Gasteiger partial charge on any atom is 0.237 e. The summed E-state index contributed by atoms with van der Waals surface area (Å²) in [5.41, 5.74) is 8.44. The third kappa shape index (κ3) is 8.49. The van der Waals surface area contributed by atoms with Gasteiger partial charge in [-0.25, -0.2) is 0 Å². The zero-order valence-electron chi connectivity index (χ0n) is 15.8. The van der Waals surface area contributed by atoms with Crippen molar-refractivity contribution >= 4 is 42.5 Å². The van der Waals surface area contributed by atoms with Gasteiger partial charge in [0, 0.05) is 13.1 Å². The Morgan fingerprint density at radius 3 is 2.50 bits per heavy atom. The first-order chi connectivity index (χ1) is 11.6. The van der Waals surface area contributed by atoms with Gasteiger partial charge in [-0.05, 0) is 61.4 Å². The summed E-state index contributed by atoms with van der Waals surface area (Å²) >= 11 is 1.72. The Bertz CT molecular complexity index is 525. The van der Waals surface area contributed by atoms with Crippen LogP contribution in [0.3, 0.4) is 0 Å². The number of rotatable bonds is 8. The number of likely N-dealkylation sites (tertiary alicyclic amines) is 1. The number of piperidine rings is 1. The second kappa shape index (κ2) is 13.7. The molecule has 1 amide bonds. The molecular formula is C19H33Cl2N3OS. The summed E-state index contributed by atoms with van der Waals surface area (Å²) in [5, 5.41) is 3.00. The largest absolute Gasteiger partial charge is 0.351 e. The van der Waals surface area contributed by atoms with E-state index < -0.39 is 6.04 Å². The Morgan fingerprint density at radius 1 is 1.27 bits per heavy atom. The van der Waals surface area contributed by atoms with Crippen LogP contribution in [0.1, 0.15) is 37.3 Å². The van der Waals surface area contributed by atoms with Crippen molar-refractivity contribution in [2.45, 2.75) is 45.3 Å². The molecule has 7 heteroatoms. The van der Waals surface area contributed by atoms with Gasteiger partial charge in [0.2, 0.25) is 5.91 Å². The fourth-order valence-corrected chi connectivity index (χ4v) is 3.52. The third-order valence-corrected chi connectivity index (χ3v) is 5.46. The van der Waals surface area contributed by atoms with Crippen LogP contribution in [0.2, 0.25) is 0 Å². The van der Waals surface area contributed by atoms with E-state index in [2.05, 4.69) is 35.3 Å². The fraction of sp³-hybridized carbons (Fsp3) is 0.632. The number of nitrogens with one attached hydrogen (secondary N) is 1. The molecule has 0 aromatic heterocycles. The highest BCUT2D eigenvalue weighted by molar-refractivity contribution is 7.98. The zero-order valence-corrected chi connectivity index (χ0v) is 18.2. The molecule has 1 aliphatic rings. The molecule has 0 aliphatic carbocycles. The number of halogens is 2. The zero-order chi connectivity index (χ0) is 17.4. The van der Waals surface area contributed by atoms with Crippen molar-refractivity contribution in [1.82, 2.24) is 10.2 Å². The summed E-state index contributed by atoms with van der Waals surface area (Å²) in [5.74, 6) is 1.71. The molecule has 1 aromatic rings. The van der Waals surface area contributed by atoms with Crippen molar-refractivity contribution < 1.29 is 4.79 Å². The molecule has 1 aromatic carbocycles. The number of amides is 1. The van der Waals surface area contributed by atoms with Gasteiger partial charge in [0.05, 0.1) is 6.04 Å². The Morgan fingerprint density at radius 2 is 1.88 bits per heavy atom. The summed E-state index contributed by atoms with van der Waals surface area (Å²) in [6, 6.07) is 7.99. The molecule has 1 unspecified atom stereocenters. The van der Waals surface area contributed by atoms with Crippen LogP contribution in [0, 0.1) is 5.92 Å². The van der Waals surface area contributed by atoms with Crippen molar-refractivity contribution in [3.05, 3.63) is 35.4 Å². The molecule has 1 atom stereocenters. The monoisotopic (exact) mass is 421 g/mol. The quantitative estimate of drug-likeness (QED) is 0.674. The van der Waals surface area contributed by atoms with E-state index in [4.69, 9.17) is 5.73 Å². The number of nitrogens with two attached hydrogens (primary N) is 1. The van der Waals surface area contributed by atoms with Crippen LogP contribution in [0.25, 0.3) is 0 Å². The first-order valence-corrected chi connectivity index (χ1v) is 10.3. The van der Waals surface area contributed by atoms with Gasteiger partial charge in [0.1, 0.15) is 0 Å². The van der Waals surface area contributed by atoms with E-state index in [1.807, 2.05) is 12.3 Å². The Hall–Kier alpha value is -0.460. The molecule has 150 valence electrons. The Labute approximate surface area is 174 Å². The number of carbonyl (C=O) groups is 1. The summed E-state index contributed by atoms with van der Waals surface area (Å²) in [6.45, 7) is 6.20. The summed E-state index contributed by atoms with van der Waals surface area (Å²) in [4.78, 5) is 14.6. The summed E-state index contributed by atoms with van der Waals surface area (Å²) in [6.07, 6.45) is 5.31. The van der Waals surface area contributed by atoms with E-state index in [0.29, 0.717) is 6.54 Å². The van der Waals surface area contributed by atoms with Crippen molar-refractivity contribution in [3.63, 3.8) is 0 Å². The van der Waals surface area contributed by atoms with Gasteiger partial charge in [-0.2, -0.15) is 11.8 Å². The summed E-state index contributed by atoms with van der Waals surface area (Å²) < 4.78 is 0. The molecule has 26 heavy (non-hydrogen) atoms. The Balaban J connectivity index is 0.00000312. The number of thioether (sulfide) groups is 1. The van der Waals surface area contributed by atoms with Gasteiger partial charge < -0.3 is 11.1 Å². The van der Waals surface area contributed by atoms with E-state index >= 15 is 0 Å². The van der Waals surface area contributed by atoms with Crippen LogP contribution in [-0.4, -0.2) is 41.9 Å². The van der Waals surface area contributed by atoms with Crippen LogP contribution in [0.4, 0.5) is 0 Å². The highest BCUT2D eigenvalue weighted by Gasteiger charge is 2.17. The van der Waals surface area contributed by atoms with Gasteiger partial charge in [-0.3, -0.25) is 9.69 Å². The molecule has 4 nitrogen and oxygen atoms in total. The highest BCUT2D eigenvalue weighted by Crippen LogP contribution is 2.19.